The molecule has 1 aliphatic heterocycles. The van der Waals surface area contributed by atoms with Gasteiger partial charge >= 0.3 is 0 Å². The van der Waals surface area contributed by atoms with Gasteiger partial charge in [-0.15, -0.1) is 0 Å². The van der Waals surface area contributed by atoms with Gasteiger partial charge in [0.25, 0.3) is 0 Å². The number of piperidine rings is 1. The van der Waals surface area contributed by atoms with E-state index in [1.165, 1.54) is 0 Å². The summed E-state index contributed by atoms with van der Waals surface area (Å²) in [5.74, 6) is 0.340. The second-order valence-electron chi connectivity index (χ2n) is 2.07. The van der Waals surface area contributed by atoms with Crippen LogP contribution in [0.15, 0.2) is 0 Å². The molecule has 8 heavy (non-hydrogen) atoms. The van der Waals surface area contributed by atoms with Crippen molar-refractivity contribution in [1.29, 1.82) is 0 Å². The number of hydrogen-bond acceptors (Lipinski definition) is 2. The highest BCUT2D eigenvalue weighted by Crippen LogP contribution is 2.02. The van der Waals surface area contributed by atoms with Crippen LogP contribution in [0.25, 0.3) is 0 Å². The zero-order chi connectivity index (χ0) is 5.98. The summed E-state index contributed by atoms with van der Waals surface area (Å²) < 4.78 is 0. The highest BCUT2D eigenvalue weighted by Gasteiger charge is 2.11. The van der Waals surface area contributed by atoms with Gasteiger partial charge in [-0.3, -0.25) is 9.69 Å². The molecule has 1 saturated heterocycles. The van der Waals surface area contributed by atoms with E-state index in [-0.39, 0.29) is 0 Å². The molecule has 2 nitrogen and oxygen atoms in total. The van der Waals surface area contributed by atoms with Crippen molar-refractivity contribution in [2.75, 3.05) is 13.1 Å². The molecule has 0 amide bonds. The molecule has 0 unspecified atom stereocenters. The fourth-order valence-corrected chi connectivity index (χ4v) is 0.773. The van der Waals surface area contributed by atoms with Gasteiger partial charge < -0.3 is 0 Å². The van der Waals surface area contributed by atoms with Crippen LogP contribution in [0.3, 0.4) is 0 Å². The van der Waals surface area contributed by atoms with Crippen molar-refractivity contribution in [2.24, 2.45) is 0 Å². The van der Waals surface area contributed by atoms with Crippen molar-refractivity contribution in [3.8, 4) is 0 Å². The van der Waals surface area contributed by atoms with Gasteiger partial charge in [0.05, 0.1) is 0 Å². The summed E-state index contributed by atoms with van der Waals surface area (Å²) in [6, 6.07) is 0. The summed E-state index contributed by atoms with van der Waals surface area (Å²) in [4.78, 5) is 12.2. The van der Waals surface area contributed by atoms with E-state index in [9.17, 15) is 4.79 Å². The van der Waals surface area contributed by atoms with Crippen molar-refractivity contribution < 1.29 is 4.79 Å². The zero-order valence-corrected chi connectivity index (χ0v) is 4.76. The minimum Gasteiger partial charge on any atom is -0.300 e. The SMILES string of the molecule is [CH]N1CCC(=O)CC1. The molecule has 0 aliphatic carbocycles. The Kier molecular flexibility index (Phi) is 1.63. The van der Waals surface area contributed by atoms with Gasteiger partial charge in [-0.05, 0) is 0 Å². The summed E-state index contributed by atoms with van der Waals surface area (Å²) in [5, 5.41) is 0. The van der Waals surface area contributed by atoms with Crippen LogP contribution in [0.4, 0.5) is 0 Å². The molecule has 1 heterocycles. The second kappa shape index (κ2) is 2.27. The van der Waals surface area contributed by atoms with E-state index in [1.54, 1.807) is 4.90 Å². The van der Waals surface area contributed by atoms with Crippen molar-refractivity contribution in [3.05, 3.63) is 7.05 Å². The van der Waals surface area contributed by atoms with E-state index in [1.807, 2.05) is 0 Å². The summed E-state index contributed by atoms with van der Waals surface area (Å²) in [6.45, 7) is 1.47. The van der Waals surface area contributed by atoms with Crippen LogP contribution >= 0.6 is 0 Å². The maximum atomic E-state index is 10.5. The number of hydrogen-bond donors (Lipinski definition) is 0. The predicted molar refractivity (Wildman–Crippen MR) is 30.1 cm³/mol. The molecular weight excluding hydrogens is 102 g/mol. The third kappa shape index (κ3) is 1.30. The quantitative estimate of drug-likeness (QED) is 0.448. The van der Waals surface area contributed by atoms with E-state index in [2.05, 4.69) is 0 Å². The van der Waals surface area contributed by atoms with E-state index in [0.29, 0.717) is 18.6 Å². The lowest BCUT2D eigenvalue weighted by atomic mass is 10.1. The van der Waals surface area contributed by atoms with Crippen LogP contribution in [0.5, 0.6) is 0 Å². The Morgan fingerprint density at radius 1 is 1.38 bits per heavy atom. The van der Waals surface area contributed by atoms with Gasteiger partial charge in [-0.1, -0.05) is 0 Å². The number of rotatable bonds is 0. The van der Waals surface area contributed by atoms with Crippen molar-refractivity contribution >= 4 is 5.78 Å². The molecule has 0 bridgehead atoms. The summed E-state index contributed by atoms with van der Waals surface area (Å²) in [6.07, 6.45) is 1.27. The van der Waals surface area contributed by atoms with Gasteiger partial charge in [0.1, 0.15) is 5.78 Å². The lowest BCUT2D eigenvalue weighted by Gasteiger charge is -2.19. The van der Waals surface area contributed by atoms with Crippen LogP contribution < -0.4 is 0 Å². The first-order chi connectivity index (χ1) is 3.79. The molecule has 1 fully saturated rings. The van der Waals surface area contributed by atoms with E-state index >= 15 is 0 Å². The number of likely N-dealkylation sites (tertiary alicyclic amines) is 1. The highest BCUT2D eigenvalue weighted by molar-refractivity contribution is 5.79. The Balaban J connectivity index is 2.29. The largest absolute Gasteiger partial charge is 0.300 e. The molecule has 0 atom stereocenters. The molecule has 2 heteroatoms. The number of carbonyl (C=O) groups is 1. The monoisotopic (exact) mass is 111 g/mol. The number of ketones is 1. The highest BCUT2D eigenvalue weighted by atomic mass is 16.1. The van der Waals surface area contributed by atoms with Crippen LogP contribution in [0, 0.1) is 7.05 Å². The molecule has 0 N–H and O–H groups in total. The fraction of sp³-hybridized carbons (Fsp3) is 0.667. The van der Waals surface area contributed by atoms with Crippen LogP contribution in [-0.4, -0.2) is 23.8 Å². The maximum absolute atomic E-state index is 10.5. The molecule has 1 rings (SSSR count). The maximum Gasteiger partial charge on any atom is 0.135 e. The van der Waals surface area contributed by atoms with Gasteiger partial charge in [0.2, 0.25) is 0 Å². The van der Waals surface area contributed by atoms with Gasteiger partial charge in [-0.25, -0.2) is 0 Å². The first kappa shape index (κ1) is 5.76. The fourth-order valence-electron chi connectivity index (χ4n) is 0.773. The predicted octanol–water partition coefficient (Wildman–Crippen LogP) is 0.320. The van der Waals surface area contributed by atoms with Crippen molar-refractivity contribution in [2.45, 2.75) is 12.8 Å². The third-order valence-corrected chi connectivity index (χ3v) is 1.36. The molecule has 0 spiro atoms. The first-order valence-electron chi connectivity index (χ1n) is 2.80. The molecule has 2 radical (unpaired) electrons. The second-order valence-corrected chi connectivity index (χ2v) is 2.07. The van der Waals surface area contributed by atoms with Gasteiger partial charge in [-0.2, -0.15) is 0 Å². The summed E-state index contributed by atoms with van der Waals surface area (Å²) in [7, 11) is 5.38. The topological polar surface area (TPSA) is 20.3 Å². The van der Waals surface area contributed by atoms with E-state index in [4.69, 9.17) is 7.05 Å². The first-order valence-corrected chi connectivity index (χ1v) is 2.80. The molecule has 0 aromatic heterocycles. The number of nitrogens with zero attached hydrogens (tertiary/aromatic N) is 1. The average molecular weight is 111 g/mol. The zero-order valence-electron chi connectivity index (χ0n) is 4.76. The molecule has 0 aromatic carbocycles. The van der Waals surface area contributed by atoms with E-state index < -0.39 is 0 Å². The van der Waals surface area contributed by atoms with Crippen LogP contribution in [-0.2, 0) is 4.79 Å². The van der Waals surface area contributed by atoms with Gasteiger partial charge in [0.15, 0.2) is 0 Å². The Labute approximate surface area is 49.5 Å². The minimum absolute atomic E-state index is 0.340. The standard InChI is InChI=1S/C6H9NO/c1-7-4-2-6(8)3-5-7/h1H,2-5H2. The third-order valence-electron chi connectivity index (χ3n) is 1.36. The molecule has 0 aromatic rings. The summed E-state index contributed by atoms with van der Waals surface area (Å²) in [5.41, 5.74) is 0. The smallest absolute Gasteiger partial charge is 0.135 e. The Bertz CT molecular complexity index is 90.7. The number of Topliss-reactive ketones (excluding diaryl/α,β-unsaturated/α-hetero) is 1. The van der Waals surface area contributed by atoms with Crippen LogP contribution in [0.2, 0.25) is 0 Å². The molecular formula is C6H9NO. The Morgan fingerprint density at radius 2 is 1.88 bits per heavy atom. The minimum atomic E-state index is 0.340. The summed E-state index contributed by atoms with van der Waals surface area (Å²) >= 11 is 0. The van der Waals surface area contributed by atoms with Crippen molar-refractivity contribution in [3.63, 3.8) is 0 Å². The lowest BCUT2D eigenvalue weighted by molar-refractivity contribution is -0.121. The molecule has 44 valence electrons. The average Bonchev–Trinajstić information content (AvgIpc) is 1.77. The number of carbonyl (C=O) groups excluding carboxylic acids is 1. The van der Waals surface area contributed by atoms with Crippen LogP contribution in [0.1, 0.15) is 12.8 Å². The Morgan fingerprint density at radius 3 is 2.25 bits per heavy atom. The molecule has 0 saturated carbocycles. The van der Waals surface area contributed by atoms with Crippen molar-refractivity contribution in [1.82, 2.24) is 4.90 Å². The van der Waals surface area contributed by atoms with Gasteiger partial charge in [0, 0.05) is 33.0 Å². The Hall–Kier alpha value is -0.370. The van der Waals surface area contributed by atoms with E-state index in [0.717, 1.165) is 13.1 Å². The molecule has 1 aliphatic rings. The lowest BCUT2D eigenvalue weighted by Crippen LogP contribution is -2.28. The normalized spacial score (nSPS) is 23.9.